The smallest absolute Gasteiger partial charge is 0.338 e. The van der Waals surface area contributed by atoms with Crippen LogP contribution in [-0.2, 0) is 47.5 Å². The van der Waals surface area contributed by atoms with Gasteiger partial charge in [0, 0.05) is 24.7 Å². The predicted octanol–water partition coefficient (Wildman–Crippen LogP) is 1.85. The minimum Gasteiger partial charge on any atom is -0.497 e. The summed E-state index contributed by atoms with van der Waals surface area (Å²) in [6, 6.07) is 5.99. The van der Waals surface area contributed by atoms with Crippen molar-refractivity contribution in [3.63, 3.8) is 0 Å². The fraction of sp³-hybridized carbons (Fsp3) is 0.792. The van der Waals surface area contributed by atoms with Crippen molar-refractivity contribution in [3.05, 3.63) is 41.5 Å². The molecule has 3 saturated heterocycles. The average molecular weight is 1040 g/mol. The van der Waals surface area contributed by atoms with Gasteiger partial charge >= 0.3 is 11.9 Å². The van der Waals surface area contributed by atoms with Crippen molar-refractivity contribution in [1.82, 2.24) is 0 Å². The number of aliphatic hydroxyl groups excluding tert-OH is 7. The highest BCUT2D eigenvalue weighted by Gasteiger charge is 2.71. The molecule has 3 saturated carbocycles. The minimum absolute atomic E-state index is 0.0470. The summed E-state index contributed by atoms with van der Waals surface area (Å²) < 4.78 is 53.8. The van der Waals surface area contributed by atoms with Gasteiger partial charge < -0.3 is 83.5 Å². The maximum absolute atomic E-state index is 14.3. The second-order valence-electron chi connectivity index (χ2n) is 22.5. The second kappa shape index (κ2) is 22.4. The third-order valence-corrected chi connectivity index (χ3v) is 17.9. The van der Waals surface area contributed by atoms with Crippen molar-refractivity contribution in [2.45, 2.75) is 197 Å². The van der Waals surface area contributed by atoms with Crippen LogP contribution in [0, 0.1) is 40.4 Å². The maximum Gasteiger partial charge on any atom is 0.338 e. The molecule has 410 valence electrons. The van der Waals surface area contributed by atoms with Crippen LogP contribution in [0.25, 0.3) is 0 Å². The van der Waals surface area contributed by atoms with Gasteiger partial charge in [0.05, 0.1) is 44.7 Å². The number of ether oxygens (including phenoxy) is 9. The number of hydrogen-bond acceptors (Lipinski definition) is 20. The lowest BCUT2D eigenvalue weighted by atomic mass is 9.46. The molecule has 3 aliphatic heterocycles. The van der Waals surface area contributed by atoms with Crippen LogP contribution in [0.4, 0.5) is 0 Å². The van der Waals surface area contributed by atoms with Crippen molar-refractivity contribution in [1.29, 1.82) is 0 Å². The van der Waals surface area contributed by atoms with Crippen molar-refractivity contribution in [2.24, 2.45) is 40.4 Å². The zero-order chi connectivity index (χ0) is 52.9. The van der Waals surface area contributed by atoms with E-state index in [2.05, 4.69) is 13.0 Å². The van der Waals surface area contributed by atoms with Gasteiger partial charge in [0.1, 0.15) is 66.0 Å². The SMILES string of the molecule is COc1ccc(C(=O)O[C@@H]2[C@H](O[C@H]3[C@@H](OC(C)=O)[C@H](O[C@H]4C[C@H]5[C@@H]6CC=C7C[C@@H](O[C@@H]8O[C@@H](CO)[C@@H](O)[C@H](O)[C@@H]8O)CC[C@]7(C)[C@H]6CC[C@]5(C)[C@@]4(O)[C@H](C)C(=O)CCC(C)C)OC[C@@H]3O)OC[C@@H](O)[C@@H]2O)cc1. The Hall–Kier alpha value is -3.19. The quantitative estimate of drug-likeness (QED) is 0.0866. The van der Waals surface area contributed by atoms with Crippen LogP contribution < -0.4 is 4.74 Å². The number of ketones is 1. The first-order chi connectivity index (χ1) is 34.6. The molecular weight excluding hydrogens is 957 g/mol. The molecule has 0 radical (unpaired) electrons. The van der Waals surface area contributed by atoms with Crippen LogP contribution in [0.1, 0.15) is 110 Å². The molecule has 6 fully saturated rings. The average Bonchev–Trinajstić information content (AvgIpc) is 3.59. The standard InChI is InChI=1S/C53H78O20/c1-25(2)8-15-35(56)26(3)53(64)39(21-34-32-14-11-29-20-31(16-18-51(29,5)33(32)17-19-52(34,53)6)69-48-43(62)42(61)41(60)38(22-54)70-48)71-50-46(68-27(4)55)44(37(58)24-67-50)73-49-45(40(59)36(57)23-66-49)72-47(63)28-9-12-30(65-7)13-10-28/h9-13,25-26,31-34,36-46,48-50,54,57-62,64H,8,14-24H2,1-7H3/t26-,31+,32-,33+,34+,36-,37+,38+,39+,40+,41-,42+,43+,44-,45+,46-,48-,49+,50+,51+,52+,53-/m1/s1. The van der Waals surface area contributed by atoms with Crippen LogP contribution in [0.15, 0.2) is 35.9 Å². The molecule has 0 amide bonds. The fourth-order valence-corrected chi connectivity index (χ4v) is 13.6. The van der Waals surface area contributed by atoms with Crippen LogP contribution in [0.3, 0.4) is 0 Å². The van der Waals surface area contributed by atoms with Gasteiger partial charge in [-0.15, -0.1) is 0 Å². The summed E-state index contributed by atoms with van der Waals surface area (Å²) in [5, 5.41) is 88.1. The molecule has 20 nitrogen and oxygen atoms in total. The number of carbonyl (C=O) groups excluding carboxylic acids is 3. The van der Waals surface area contributed by atoms with Crippen LogP contribution in [0.5, 0.6) is 5.75 Å². The van der Waals surface area contributed by atoms with Gasteiger partial charge in [0.2, 0.25) is 0 Å². The predicted molar refractivity (Wildman–Crippen MR) is 254 cm³/mol. The zero-order valence-corrected chi connectivity index (χ0v) is 42.9. The molecule has 0 unspecified atom stereocenters. The van der Waals surface area contributed by atoms with E-state index in [1.165, 1.54) is 24.8 Å². The molecule has 0 aromatic heterocycles. The summed E-state index contributed by atoms with van der Waals surface area (Å²) in [5.41, 5.74) is -1.60. The summed E-state index contributed by atoms with van der Waals surface area (Å²) in [7, 11) is 1.47. The summed E-state index contributed by atoms with van der Waals surface area (Å²) >= 11 is 0. The van der Waals surface area contributed by atoms with E-state index < -0.39 is 135 Å². The Balaban J connectivity index is 1.05. The molecule has 0 bridgehead atoms. The Kier molecular flexibility index (Phi) is 17.2. The molecule has 22 atom stereocenters. The lowest BCUT2D eigenvalue weighted by molar-refractivity contribution is -0.345. The molecule has 7 aliphatic rings. The fourth-order valence-electron chi connectivity index (χ4n) is 13.6. The highest BCUT2D eigenvalue weighted by Crippen LogP contribution is 2.69. The molecule has 4 aliphatic carbocycles. The lowest BCUT2D eigenvalue weighted by Gasteiger charge is -2.59. The number of esters is 2. The molecule has 20 heteroatoms. The van der Waals surface area contributed by atoms with Crippen molar-refractivity contribution < 1.29 is 97.9 Å². The Morgan fingerprint density at radius 1 is 0.781 bits per heavy atom. The van der Waals surface area contributed by atoms with Crippen molar-refractivity contribution in [3.8, 4) is 5.75 Å². The van der Waals surface area contributed by atoms with Gasteiger partial charge in [-0.3, -0.25) is 9.59 Å². The third-order valence-electron chi connectivity index (χ3n) is 17.9. The topological polar surface area (TPSA) is 296 Å². The zero-order valence-electron chi connectivity index (χ0n) is 42.9. The van der Waals surface area contributed by atoms with Crippen LogP contribution in [0.2, 0.25) is 0 Å². The molecular formula is C53H78O20. The van der Waals surface area contributed by atoms with Gasteiger partial charge in [-0.05, 0) is 105 Å². The first kappa shape index (κ1) is 56.0. The molecule has 1 aromatic rings. The normalized spacial score (nSPS) is 44.0. The van der Waals surface area contributed by atoms with E-state index in [1.54, 1.807) is 19.1 Å². The summed E-state index contributed by atoms with van der Waals surface area (Å²) in [5.74, 6) is -1.94. The monoisotopic (exact) mass is 1030 g/mol. The van der Waals surface area contributed by atoms with Crippen molar-refractivity contribution >= 4 is 17.7 Å². The largest absolute Gasteiger partial charge is 0.497 e. The van der Waals surface area contributed by atoms with E-state index in [4.69, 9.17) is 42.6 Å². The first-order valence-electron chi connectivity index (χ1n) is 26.1. The number of carbonyl (C=O) groups is 3. The molecule has 8 N–H and O–H groups in total. The van der Waals surface area contributed by atoms with E-state index in [-0.39, 0.29) is 53.0 Å². The number of benzene rings is 1. The van der Waals surface area contributed by atoms with Gasteiger partial charge in [0.25, 0.3) is 0 Å². The Morgan fingerprint density at radius 3 is 2.12 bits per heavy atom. The minimum atomic E-state index is -1.76. The third kappa shape index (κ3) is 10.7. The number of allylic oxidation sites excluding steroid dienone is 1. The number of Topliss-reactive ketones (excluding diaryl/α,β-unsaturated/α-hetero) is 1. The maximum atomic E-state index is 14.3. The van der Waals surface area contributed by atoms with Crippen molar-refractivity contribution in [2.75, 3.05) is 26.9 Å². The number of methoxy groups -OCH3 is 1. The van der Waals surface area contributed by atoms with Gasteiger partial charge in [-0.25, -0.2) is 4.79 Å². The first-order valence-corrected chi connectivity index (χ1v) is 26.1. The molecule has 3 heterocycles. The summed E-state index contributed by atoms with van der Waals surface area (Å²) in [6.45, 7) is 9.88. The number of fused-ring (bicyclic) bond motifs is 5. The van der Waals surface area contributed by atoms with Gasteiger partial charge in [-0.1, -0.05) is 46.3 Å². The van der Waals surface area contributed by atoms with Gasteiger partial charge in [-0.2, -0.15) is 0 Å². The van der Waals surface area contributed by atoms with Crippen LogP contribution in [-0.4, -0.2) is 183 Å². The van der Waals surface area contributed by atoms with E-state index in [1.807, 2.05) is 20.8 Å². The van der Waals surface area contributed by atoms with Gasteiger partial charge in [0.15, 0.2) is 31.1 Å². The Bertz CT molecular complexity index is 2120. The lowest BCUT2D eigenvalue weighted by Crippen LogP contribution is -2.64. The number of aliphatic hydroxyl groups is 8. The Morgan fingerprint density at radius 2 is 1.47 bits per heavy atom. The number of hydrogen-bond donors (Lipinski definition) is 8. The Labute approximate surface area is 426 Å². The highest BCUT2D eigenvalue weighted by molar-refractivity contribution is 5.89. The van der Waals surface area contributed by atoms with E-state index in [0.717, 1.165) is 19.8 Å². The summed E-state index contributed by atoms with van der Waals surface area (Å²) in [4.78, 5) is 40.7. The molecule has 8 rings (SSSR count). The highest BCUT2D eigenvalue weighted by atomic mass is 16.8. The molecule has 0 spiro atoms. The second-order valence-corrected chi connectivity index (χ2v) is 22.5. The van der Waals surface area contributed by atoms with E-state index in [9.17, 15) is 55.2 Å². The summed E-state index contributed by atoms with van der Waals surface area (Å²) in [6.07, 6.45) is -13.5. The van der Waals surface area contributed by atoms with Crippen LogP contribution >= 0.6 is 0 Å². The van der Waals surface area contributed by atoms with E-state index >= 15 is 0 Å². The molecule has 73 heavy (non-hydrogen) atoms. The van der Waals surface area contributed by atoms with E-state index in [0.29, 0.717) is 44.3 Å². The number of rotatable bonds is 16. The molecule has 1 aromatic carbocycles.